The fraction of sp³-hybridized carbons (Fsp3) is 0.538. The number of likely N-dealkylation sites (tertiary alicyclic amines) is 1. The molecule has 5 heteroatoms. The maximum atomic E-state index is 11.9. The third-order valence-electron chi connectivity index (χ3n) is 3.36. The van der Waals surface area contributed by atoms with Crippen LogP contribution in [0.1, 0.15) is 12.8 Å². The molecule has 1 unspecified atom stereocenters. The summed E-state index contributed by atoms with van der Waals surface area (Å²) in [5.41, 5.74) is -0.0834. The van der Waals surface area contributed by atoms with Crippen LogP contribution < -0.4 is 5.56 Å². The molecule has 0 aliphatic carbocycles. The van der Waals surface area contributed by atoms with Crippen molar-refractivity contribution in [3.05, 3.63) is 34.7 Å². The summed E-state index contributed by atoms with van der Waals surface area (Å²) >= 11 is 0. The van der Waals surface area contributed by atoms with E-state index in [0.717, 1.165) is 6.42 Å². The van der Waals surface area contributed by atoms with Crippen LogP contribution in [0.15, 0.2) is 29.2 Å². The quantitative estimate of drug-likeness (QED) is 0.823. The molecule has 1 saturated heterocycles. The summed E-state index contributed by atoms with van der Waals surface area (Å²) in [7, 11) is 0. The van der Waals surface area contributed by atoms with Gasteiger partial charge in [-0.15, -0.1) is 0 Å². The van der Waals surface area contributed by atoms with Gasteiger partial charge in [-0.3, -0.25) is 9.59 Å². The molecule has 2 heterocycles. The standard InChI is InChI=1S/C13H18N2O3/c16-10-11-4-7-15(9-11)13(18)5-8-14-6-2-1-3-12(14)17/h1-3,6,11,16H,4-5,7-10H2. The van der Waals surface area contributed by atoms with Crippen molar-refractivity contribution in [3.63, 3.8) is 0 Å². The molecular formula is C13H18N2O3. The van der Waals surface area contributed by atoms with Crippen LogP contribution >= 0.6 is 0 Å². The average molecular weight is 250 g/mol. The van der Waals surface area contributed by atoms with Gasteiger partial charge in [0.15, 0.2) is 0 Å². The largest absolute Gasteiger partial charge is 0.396 e. The van der Waals surface area contributed by atoms with Crippen molar-refractivity contribution in [2.75, 3.05) is 19.7 Å². The predicted octanol–water partition coefficient (Wildman–Crippen LogP) is 0.0792. The molecular weight excluding hydrogens is 232 g/mol. The highest BCUT2D eigenvalue weighted by Gasteiger charge is 2.25. The van der Waals surface area contributed by atoms with Gasteiger partial charge in [-0.25, -0.2) is 0 Å². The fourth-order valence-corrected chi connectivity index (χ4v) is 2.23. The molecule has 2 rings (SSSR count). The molecule has 5 nitrogen and oxygen atoms in total. The van der Waals surface area contributed by atoms with Crippen LogP contribution in [0.2, 0.25) is 0 Å². The van der Waals surface area contributed by atoms with E-state index in [1.807, 2.05) is 0 Å². The summed E-state index contributed by atoms with van der Waals surface area (Å²) in [6, 6.07) is 4.96. The zero-order chi connectivity index (χ0) is 13.0. The highest BCUT2D eigenvalue weighted by Crippen LogP contribution is 2.16. The highest BCUT2D eigenvalue weighted by atomic mass is 16.3. The second kappa shape index (κ2) is 5.82. The maximum Gasteiger partial charge on any atom is 0.250 e. The number of nitrogens with zero attached hydrogens (tertiary/aromatic N) is 2. The summed E-state index contributed by atoms with van der Waals surface area (Å²) in [5, 5.41) is 9.03. The Kier molecular flexibility index (Phi) is 4.15. The summed E-state index contributed by atoms with van der Waals surface area (Å²) in [6.07, 6.45) is 2.89. The Morgan fingerprint density at radius 1 is 1.44 bits per heavy atom. The van der Waals surface area contributed by atoms with Crippen LogP contribution in [0.5, 0.6) is 0 Å². The molecule has 0 spiro atoms. The SMILES string of the molecule is O=C(CCn1ccccc1=O)N1CCC(CO)C1. The summed E-state index contributed by atoms with van der Waals surface area (Å²) in [5.74, 6) is 0.273. The zero-order valence-electron chi connectivity index (χ0n) is 10.3. The number of aliphatic hydroxyl groups excluding tert-OH is 1. The average Bonchev–Trinajstić information content (AvgIpc) is 2.86. The Balaban J connectivity index is 1.86. The molecule has 1 amide bonds. The summed E-state index contributed by atoms with van der Waals surface area (Å²) < 4.78 is 1.54. The van der Waals surface area contributed by atoms with Crippen molar-refractivity contribution in [3.8, 4) is 0 Å². The van der Waals surface area contributed by atoms with Crippen molar-refractivity contribution in [1.29, 1.82) is 0 Å². The van der Waals surface area contributed by atoms with Gasteiger partial charge in [0.25, 0.3) is 5.56 Å². The van der Waals surface area contributed by atoms with E-state index >= 15 is 0 Å². The number of aliphatic hydroxyl groups is 1. The highest BCUT2D eigenvalue weighted by molar-refractivity contribution is 5.76. The third-order valence-corrected chi connectivity index (χ3v) is 3.36. The molecule has 1 aromatic heterocycles. The van der Waals surface area contributed by atoms with Gasteiger partial charge in [0.1, 0.15) is 0 Å². The number of carbonyl (C=O) groups is 1. The van der Waals surface area contributed by atoms with Gasteiger partial charge in [-0.1, -0.05) is 6.07 Å². The lowest BCUT2D eigenvalue weighted by Gasteiger charge is -2.16. The monoisotopic (exact) mass is 250 g/mol. The Morgan fingerprint density at radius 3 is 2.94 bits per heavy atom. The zero-order valence-corrected chi connectivity index (χ0v) is 10.3. The van der Waals surface area contributed by atoms with Crippen LogP contribution in [-0.2, 0) is 11.3 Å². The minimum atomic E-state index is -0.0834. The van der Waals surface area contributed by atoms with Crippen LogP contribution in [-0.4, -0.2) is 40.2 Å². The Hall–Kier alpha value is -1.62. The molecule has 0 radical (unpaired) electrons. The molecule has 0 aromatic carbocycles. The van der Waals surface area contributed by atoms with Crippen molar-refractivity contribution >= 4 is 5.91 Å². The van der Waals surface area contributed by atoms with E-state index in [9.17, 15) is 9.59 Å². The number of pyridine rings is 1. The van der Waals surface area contributed by atoms with Crippen molar-refractivity contribution in [2.24, 2.45) is 5.92 Å². The second-order valence-electron chi connectivity index (χ2n) is 4.66. The second-order valence-corrected chi connectivity index (χ2v) is 4.66. The number of amides is 1. The molecule has 1 atom stereocenters. The van der Waals surface area contributed by atoms with Crippen LogP contribution in [0.25, 0.3) is 0 Å². The topological polar surface area (TPSA) is 62.5 Å². The van der Waals surface area contributed by atoms with Gasteiger partial charge in [-0.05, 0) is 12.5 Å². The molecule has 98 valence electrons. The molecule has 1 aromatic rings. The Labute approximate surface area is 106 Å². The van der Waals surface area contributed by atoms with Gasteiger partial charge in [0.05, 0.1) is 0 Å². The lowest BCUT2D eigenvalue weighted by atomic mass is 10.1. The van der Waals surface area contributed by atoms with E-state index in [1.165, 1.54) is 10.6 Å². The molecule has 1 fully saturated rings. The first kappa shape index (κ1) is 12.8. The van der Waals surface area contributed by atoms with Crippen LogP contribution in [0.4, 0.5) is 0 Å². The van der Waals surface area contributed by atoms with Crippen molar-refractivity contribution in [1.82, 2.24) is 9.47 Å². The number of rotatable bonds is 4. The third kappa shape index (κ3) is 2.98. The first-order chi connectivity index (χ1) is 8.70. The van der Waals surface area contributed by atoms with E-state index in [2.05, 4.69) is 0 Å². The lowest BCUT2D eigenvalue weighted by Crippen LogP contribution is -2.31. The molecule has 18 heavy (non-hydrogen) atoms. The van der Waals surface area contributed by atoms with Gasteiger partial charge in [-0.2, -0.15) is 0 Å². The first-order valence-corrected chi connectivity index (χ1v) is 6.25. The number of aryl methyl sites for hydroxylation is 1. The number of carbonyl (C=O) groups excluding carboxylic acids is 1. The van der Waals surface area contributed by atoms with Crippen LogP contribution in [0.3, 0.4) is 0 Å². The maximum absolute atomic E-state index is 11.9. The van der Waals surface area contributed by atoms with Gasteiger partial charge < -0.3 is 14.6 Å². The predicted molar refractivity (Wildman–Crippen MR) is 67.1 cm³/mol. The lowest BCUT2D eigenvalue weighted by molar-refractivity contribution is -0.130. The smallest absolute Gasteiger partial charge is 0.250 e. The molecule has 0 bridgehead atoms. The fourth-order valence-electron chi connectivity index (χ4n) is 2.23. The van der Waals surface area contributed by atoms with Gasteiger partial charge >= 0.3 is 0 Å². The normalized spacial score (nSPS) is 19.2. The van der Waals surface area contributed by atoms with Crippen molar-refractivity contribution in [2.45, 2.75) is 19.4 Å². The van der Waals surface area contributed by atoms with Crippen molar-refractivity contribution < 1.29 is 9.90 Å². The van der Waals surface area contributed by atoms with E-state index in [4.69, 9.17) is 5.11 Å². The first-order valence-electron chi connectivity index (χ1n) is 6.25. The minimum Gasteiger partial charge on any atom is -0.396 e. The van der Waals surface area contributed by atoms with E-state index in [-0.39, 0.29) is 24.0 Å². The number of hydrogen-bond donors (Lipinski definition) is 1. The van der Waals surface area contributed by atoms with Gasteiger partial charge in [0, 0.05) is 50.8 Å². The summed E-state index contributed by atoms with van der Waals surface area (Å²) in [4.78, 5) is 25.1. The number of aromatic nitrogens is 1. The molecule has 1 N–H and O–H groups in total. The van der Waals surface area contributed by atoms with Gasteiger partial charge in [0.2, 0.25) is 5.91 Å². The Morgan fingerprint density at radius 2 is 2.28 bits per heavy atom. The number of hydrogen-bond acceptors (Lipinski definition) is 3. The van der Waals surface area contributed by atoms with E-state index in [0.29, 0.717) is 26.1 Å². The van der Waals surface area contributed by atoms with E-state index < -0.39 is 0 Å². The Bertz CT molecular complexity index is 469. The summed E-state index contributed by atoms with van der Waals surface area (Å²) in [6.45, 7) is 1.91. The molecule has 0 saturated carbocycles. The van der Waals surface area contributed by atoms with E-state index in [1.54, 1.807) is 23.2 Å². The van der Waals surface area contributed by atoms with Crippen LogP contribution in [0, 0.1) is 5.92 Å². The molecule has 1 aliphatic rings. The molecule has 1 aliphatic heterocycles. The minimum absolute atomic E-state index is 0.0571.